The first-order valence-electron chi connectivity index (χ1n) is 6.86. The Labute approximate surface area is 103 Å². The van der Waals surface area contributed by atoms with Gasteiger partial charge in [-0.2, -0.15) is 0 Å². The number of rotatable bonds is 9. The Morgan fingerprint density at radius 1 is 1.19 bits per heavy atom. The average Bonchev–Trinajstić information content (AvgIpc) is 2.17. The van der Waals surface area contributed by atoms with Gasteiger partial charge in [0.1, 0.15) is 0 Å². The lowest BCUT2D eigenvalue weighted by molar-refractivity contribution is 0.164. The van der Waals surface area contributed by atoms with E-state index in [1.54, 1.807) is 0 Å². The van der Waals surface area contributed by atoms with Gasteiger partial charge in [0.05, 0.1) is 0 Å². The second-order valence-electron chi connectivity index (χ2n) is 5.71. The minimum Gasteiger partial charge on any atom is -0.314 e. The molecule has 0 aliphatic heterocycles. The van der Waals surface area contributed by atoms with Crippen LogP contribution in [-0.2, 0) is 0 Å². The van der Waals surface area contributed by atoms with Crippen molar-refractivity contribution in [3.63, 3.8) is 0 Å². The predicted molar refractivity (Wildman–Crippen MR) is 73.9 cm³/mol. The molecule has 0 saturated carbocycles. The smallest absolute Gasteiger partial charge is 0.0102 e. The fourth-order valence-electron chi connectivity index (χ4n) is 2.13. The van der Waals surface area contributed by atoms with E-state index in [0.29, 0.717) is 11.5 Å². The van der Waals surface area contributed by atoms with Crippen LogP contribution in [0.2, 0.25) is 0 Å². The van der Waals surface area contributed by atoms with Gasteiger partial charge in [-0.05, 0) is 38.9 Å². The highest BCUT2D eigenvalue weighted by Gasteiger charge is 2.26. The van der Waals surface area contributed by atoms with Crippen molar-refractivity contribution in [2.75, 3.05) is 26.7 Å². The van der Waals surface area contributed by atoms with Crippen LogP contribution in [-0.4, -0.2) is 37.6 Å². The van der Waals surface area contributed by atoms with Crippen molar-refractivity contribution < 1.29 is 0 Å². The summed E-state index contributed by atoms with van der Waals surface area (Å²) in [7, 11) is 2.25. The van der Waals surface area contributed by atoms with Crippen LogP contribution in [0.1, 0.15) is 53.9 Å². The van der Waals surface area contributed by atoms with E-state index in [1.165, 1.54) is 32.4 Å². The summed E-state index contributed by atoms with van der Waals surface area (Å²) in [5, 5.41) is 3.53. The van der Waals surface area contributed by atoms with Crippen molar-refractivity contribution in [2.45, 2.75) is 59.9 Å². The van der Waals surface area contributed by atoms with Crippen LogP contribution in [0.3, 0.4) is 0 Å². The van der Waals surface area contributed by atoms with E-state index >= 15 is 0 Å². The molecular formula is C14H32N2. The SMILES string of the molecule is CCCCCN(C)CC(C)(C)C(C)NCC. The summed E-state index contributed by atoms with van der Waals surface area (Å²) in [6.07, 6.45) is 4.00. The second kappa shape index (κ2) is 8.08. The quantitative estimate of drug-likeness (QED) is 0.610. The fraction of sp³-hybridized carbons (Fsp3) is 1.00. The van der Waals surface area contributed by atoms with E-state index in [-0.39, 0.29) is 0 Å². The summed E-state index contributed by atoms with van der Waals surface area (Å²) < 4.78 is 0. The minimum atomic E-state index is 0.344. The third kappa shape index (κ3) is 6.49. The maximum atomic E-state index is 3.53. The summed E-state index contributed by atoms with van der Waals surface area (Å²) >= 11 is 0. The molecule has 0 amide bonds. The molecule has 2 heteroatoms. The van der Waals surface area contributed by atoms with Crippen molar-refractivity contribution in [1.82, 2.24) is 10.2 Å². The number of hydrogen-bond donors (Lipinski definition) is 1. The van der Waals surface area contributed by atoms with Crippen molar-refractivity contribution in [1.29, 1.82) is 0 Å². The number of hydrogen-bond acceptors (Lipinski definition) is 2. The van der Waals surface area contributed by atoms with Gasteiger partial charge >= 0.3 is 0 Å². The first-order chi connectivity index (χ1) is 7.44. The average molecular weight is 228 g/mol. The highest BCUT2D eigenvalue weighted by Crippen LogP contribution is 2.21. The lowest BCUT2D eigenvalue weighted by Gasteiger charge is -2.36. The number of nitrogens with one attached hydrogen (secondary N) is 1. The Balaban J connectivity index is 3.93. The van der Waals surface area contributed by atoms with Crippen LogP contribution in [0.25, 0.3) is 0 Å². The molecule has 1 unspecified atom stereocenters. The largest absolute Gasteiger partial charge is 0.314 e. The molecule has 0 bridgehead atoms. The van der Waals surface area contributed by atoms with Gasteiger partial charge in [0, 0.05) is 12.6 Å². The second-order valence-corrected chi connectivity index (χ2v) is 5.71. The van der Waals surface area contributed by atoms with Crippen LogP contribution in [0.5, 0.6) is 0 Å². The monoisotopic (exact) mass is 228 g/mol. The molecule has 0 fully saturated rings. The molecule has 0 aliphatic carbocycles. The standard InChI is InChI=1S/C14H32N2/c1-7-9-10-11-16(6)12-14(4,5)13(3)15-8-2/h13,15H,7-12H2,1-6H3. The van der Waals surface area contributed by atoms with Crippen LogP contribution in [0, 0.1) is 5.41 Å². The Bertz CT molecular complexity index is 166. The Morgan fingerprint density at radius 2 is 1.81 bits per heavy atom. The molecule has 1 N–H and O–H groups in total. The van der Waals surface area contributed by atoms with Crippen LogP contribution in [0.15, 0.2) is 0 Å². The van der Waals surface area contributed by atoms with Crippen molar-refractivity contribution in [3.8, 4) is 0 Å². The van der Waals surface area contributed by atoms with Gasteiger partial charge in [-0.25, -0.2) is 0 Å². The molecule has 1 atom stereocenters. The Kier molecular flexibility index (Phi) is 8.04. The molecule has 0 rings (SSSR count). The zero-order chi connectivity index (χ0) is 12.6. The predicted octanol–water partition coefficient (Wildman–Crippen LogP) is 3.13. The van der Waals surface area contributed by atoms with E-state index in [2.05, 4.69) is 51.9 Å². The third-order valence-corrected chi connectivity index (χ3v) is 3.50. The molecule has 0 aromatic rings. The number of nitrogens with zero attached hydrogens (tertiary/aromatic N) is 1. The molecule has 0 aromatic carbocycles. The topological polar surface area (TPSA) is 15.3 Å². The van der Waals surface area contributed by atoms with E-state index < -0.39 is 0 Å². The van der Waals surface area contributed by atoms with Gasteiger partial charge in [-0.1, -0.05) is 40.5 Å². The van der Waals surface area contributed by atoms with Crippen molar-refractivity contribution in [3.05, 3.63) is 0 Å². The maximum absolute atomic E-state index is 3.53. The van der Waals surface area contributed by atoms with Crippen LogP contribution < -0.4 is 5.32 Å². The van der Waals surface area contributed by atoms with Gasteiger partial charge in [-0.15, -0.1) is 0 Å². The molecule has 0 aliphatic rings. The molecule has 0 spiro atoms. The molecule has 0 radical (unpaired) electrons. The summed E-state index contributed by atoms with van der Waals surface area (Å²) in [5.41, 5.74) is 0.344. The van der Waals surface area contributed by atoms with Crippen LogP contribution in [0.4, 0.5) is 0 Å². The normalized spacial score (nSPS) is 14.4. The minimum absolute atomic E-state index is 0.344. The zero-order valence-corrected chi connectivity index (χ0v) is 12.3. The zero-order valence-electron chi connectivity index (χ0n) is 12.3. The van der Waals surface area contributed by atoms with E-state index in [1.807, 2.05) is 0 Å². The molecule has 2 nitrogen and oxygen atoms in total. The third-order valence-electron chi connectivity index (χ3n) is 3.50. The Hall–Kier alpha value is -0.0800. The van der Waals surface area contributed by atoms with Gasteiger partial charge in [0.2, 0.25) is 0 Å². The van der Waals surface area contributed by atoms with Crippen molar-refractivity contribution >= 4 is 0 Å². The summed E-state index contributed by atoms with van der Waals surface area (Å²) in [4.78, 5) is 2.48. The van der Waals surface area contributed by atoms with Gasteiger partial charge in [0.15, 0.2) is 0 Å². The molecular weight excluding hydrogens is 196 g/mol. The molecule has 98 valence electrons. The van der Waals surface area contributed by atoms with E-state index in [4.69, 9.17) is 0 Å². The molecule has 0 saturated heterocycles. The Morgan fingerprint density at radius 3 is 2.31 bits per heavy atom. The molecule has 0 aromatic heterocycles. The molecule has 16 heavy (non-hydrogen) atoms. The van der Waals surface area contributed by atoms with Gasteiger partial charge in [0.25, 0.3) is 0 Å². The van der Waals surface area contributed by atoms with Crippen LogP contribution >= 0.6 is 0 Å². The van der Waals surface area contributed by atoms with E-state index in [9.17, 15) is 0 Å². The first kappa shape index (κ1) is 15.9. The highest BCUT2D eigenvalue weighted by atomic mass is 15.1. The summed E-state index contributed by atoms with van der Waals surface area (Å²) in [6, 6.07) is 0.575. The van der Waals surface area contributed by atoms with Gasteiger partial charge in [-0.3, -0.25) is 0 Å². The highest BCUT2D eigenvalue weighted by molar-refractivity contribution is 4.82. The maximum Gasteiger partial charge on any atom is 0.0102 e. The molecule has 0 heterocycles. The lowest BCUT2D eigenvalue weighted by Crippen LogP contribution is -2.46. The van der Waals surface area contributed by atoms with E-state index in [0.717, 1.165) is 6.54 Å². The first-order valence-corrected chi connectivity index (χ1v) is 6.86. The number of unbranched alkanes of at least 4 members (excludes halogenated alkanes) is 2. The summed E-state index contributed by atoms with van der Waals surface area (Å²) in [5.74, 6) is 0. The fourth-order valence-corrected chi connectivity index (χ4v) is 2.13. The van der Waals surface area contributed by atoms with Crippen molar-refractivity contribution in [2.24, 2.45) is 5.41 Å². The van der Waals surface area contributed by atoms with Gasteiger partial charge < -0.3 is 10.2 Å². The lowest BCUT2D eigenvalue weighted by atomic mass is 9.84. The summed E-state index contributed by atoms with van der Waals surface area (Å²) in [6.45, 7) is 14.9.